The average Bonchev–Trinajstić information content (AvgIpc) is 3.01. The Morgan fingerprint density at radius 2 is 1.49 bits per heavy atom. The van der Waals surface area contributed by atoms with Gasteiger partial charge in [-0.05, 0) is 79.5 Å². The number of rotatable bonds is 9. The number of ether oxygens (including phenoxy) is 1. The van der Waals surface area contributed by atoms with Gasteiger partial charge in [0.15, 0.2) is 0 Å². The molecule has 1 heterocycles. The van der Waals surface area contributed by atoms with Gasteiger partial charge in [-0.3, -0.25) is 9.35 Å². The predicted octanol–water partition coefficient (Wildman–Crippen LogP) is 5.01. The fraction of sp³-hybridized carbons (Fsp3) is 0.294. The highest BCUT2D eigenvalue weighted by molar-refractivity contribution is 7.86. The first kappa shape index (κ1) is 29.0. The molecule has 0 saturated heterocycles. The summed E-state index contributed by atoms with van der Waals surface area (Å²) in [5, 5.41) is 9.28. The van der Waals surface area contributed by atoms with Crippen molar-refractivity contribution in [3.8, 4) is 39.4 Å². The van der Waals surface area contributed by atoms with Crippen molar-refractivity contribution in [2.45, 2.75) is 62.4 Å². The summed E-state index contributed by atoms with van der Waals surface area (Å²) in [5.41, 5.74) is 16.8. The van der Waals surface area contributed by atoms with Crippen molar-refractivity contribution in [2.24, 2.45) is 5.73 Å². The van der Waals surface area contributed by atoms with E-state index in [0.717, 1.165) is 76.9 Å². The van der Waals surface area contributed by atoms with E-state index in [9.17, 15) is 22.9 Å². The number of carboxylic acid groups (broad SMARTS) is 1. The van der Waals surface area contributed by atoms with Gasteiger partial charge in [-0.2, -0.15) is 13.0 Å². The molecule has 0 fully saturated rings. The first-order valence-electron chi connectivity index (χ1n) is 14.6. The lowest BCUT2D eigenvalue weighted by Crippen LogP contribution is -2.43. The summed E-state index contributed by atoms with van der Waals surface area (Å²) in [7, 11) is -3.15. The van der Waals surface area contributed by atoms with Gasteiger partial charge in [0.25, 0.3) is 10.1 Å². The molecule has 9 heteroatoms. The molecule has 0 radical (unpaired) electrons. The number of unbranched alkanes of at least 4 members (excludes halogenated alkanes) is 1. The third kappa shape index (κ3) is 5.33. The molecule has 0 bridgehead atoms. The molecule has 0 spiro atoms. The summed E-state index contributed by atoms with van der Waals surface area (Å²) in [6, 6.07) is 20.9. The molecular formula is C34H35N2O6S+. The third-order valence-electron chi connectivity index (χ3n) is 8.74. The van der Waals surface area contributed by atoms with Gasteiger partial charge >= 0.3 is 5.97 Å². The maximum absolute atomic E-state index is 12.4. The van der Waals surface area contributed by atoms with Crippen LogP contribution in [0.5, 0.6) is 5.75 Å². The standard InChI is InChI=1S/C34H34N2O6S/c1-42-29-18-15-23(20-30(29)43(39,40)41)31-26-16-13-21-8-2-4-10-24(21)32(26)36(19-7-6-12-28(35)34(37)38)33-25-11-5-3-9-22(25)14-17-27(31)33/h2-5,8-11,15,18,20,28H,6-7,12-14,16-17,19,35H2,1H3,(H-,37,38,39,40,41)/p+1/t28-/m0/s1. The Labute approximate surface area is 251 Å². The van der Waals surface area contributed by atoms with Crippen molar-refractivity contribution < 1.29 is 32.2 Å². The maximum Gasteiger partial charge on any atom is 0.320 e. The number of carboxylic acids is 1. The minimum absolute atomic E-state index is 0.0928. The van der Waals surface area contributed by atoms with E-state index in [1.807, 2.05) is 18.2 Å². The Morgan fingerprint density at radius 3 is 2.02 bits per heavy atom. The van der Waals surface area contributed by atoms with Crippen LogP contribution in [0.2, 0.25) is 0 Å². The van der Waals surface area contributed by atoms with Gasteiger partial charge in [-0.15, -0.1) is 0 Å². The number of nitrogens with two attached hydrogens (primary N) is 1. The number of methoxy groups -OCH3 is 1. The summed E-state index contributed by atoms with van der Waals surface area (Å²) in [5.74, 6) is -0.895. The van der Waals surface area contributed by atoms with E-state index in [1.165, 1.54) is 24.3 Å². The Morgan fingerprint density at radius 1 is 0.907 bits per heavy atom. The fourth-order valence-electron chi connectivity index (χ4n) is 6.78. The van der Waals surface area contributed by atoms with Crippen LogP contribution >= 0.6 is 0 Å². The van der Waals surface area contributed by atoms with E-state index in [-0.39, 0.29) is 10.6 Å². The van der Waals surface area contributed by atoms with Crippen molar-refractivity contribution in [3.05, 3.63) is 89.0 Å². The second-order valence-electron chi connectivity index (χ2n) is 11.3. The SMILES string of the molecule is COc1ccc(-c2c3c([n+](CCCC[C@H](N)C(=O)O)c4c2CCc2ccccc2-4)-c2ccccc2CC3)cc1S(=O)(=O)O. The minimum Gasteiger partial charge on any atom is -0.495 e. The predicted molar refractivity (Wildman–Crippen MR) is 164 cm³/mol. The molecule has 2 aliphatic rings. The van der Waals surface area contributed by atoms with Gasteiger partial charge < -0.3 is 15.6 Å². The van der Waals surface area contributed by atoms with Gasteiger partial charge in [0.05, 0.1) is 7.11 Å². The van der Waals surface area contributed by atoms with E-state index in [4.69, 9.17) is 10.5 Å². The van der Waals surface area contributed by atoms with Gasteiger partial charge in [0.2, 0.25) is 11.4 Å². The average molecular weight is 600 g/mol. The lowest BCUT2D eigenvalue weighted by molar-refractivity contribution is -0.676. The van der Waals surface area contributed by atoms with Crippen LogP contribution in [-0.4, -0.2) is 37.2 Å². The van der Waals surface area contributed by atoms with Crippen molar-refractivity contribution in [3.63, 3.8) is 0 Å². The lowest BCUT2D eigenvalue weighted by atomic mass is 9.77. The second kappa shape index (κ2) is 11.6. The molecule has 222 valence electrons. The van der Waals surface area contributed by atoms with Crippen LogP contribution in [0.25, 0.3) is 33.6 Å². The van der Waals surface area contributed by atoms with Crippen LogP contribution < -0.4 is 15.0 Å². The summed E-state index contributed by atoms with van der Waals surface area (Å²) in [6.07, 6.45) is 5.06. The number of hydrogen-bond donors (Lipinski definition) is 3. The highest BCUT2D eigenvalue weighted by Crippen LogP contribution is 2.45. The van der Waals surface area contributed by atoms with Crippen LogP contribution in [0.1, 0.15) is 41.5 Å². The first-order valence-corrected chi connectivity index (χ1v) is 16.1. The van der Waals surface area contributed by atoms with Crippen LogP contribution in [0.3, 0.4) is 0 Å². The summed E-state index contributed by atoms with van der Waals surface area (Å²) in [6.45, 7) is 0.679. The smallest absolute Gasteiger partial charge is 0.320 e. The number of pyridine rings is 1. The number of aliphatic carboxylic acids is 1. The molecule has 8 nitrogen and oxygen atoms in total. The first-order chi connectivity index (χ1) is 20.7. The summed E-state index contributed by atoms with van der Waals surface area (Å²) in [4.78, 5) is 11.1. The molecule has 4 N–H and O–H groups in total. The van der Waals surface area contributed by atoms with Crippen LogP contribution in [-0.2, 0) is 47.1 Å². The summed E-state index contributed by atoms with van der Waals surface area (Å²) >= 11 is 0. The van der Waals surface area contributed by atoms with Gasteiger partial charge in [0, 0.05) is 34.2 Å². The minimum atomic E-state index is -4.53. The number of aryl methyl sites for hydroxylation is 2. The van der Waals surface area contributed by atoms with E-state index in [2.05, 4.69) is 41.0 Å². The lowest BCUT2D eigenvalue weighted by Gasteiger charge is -2.28. The maximum atomic E-state index is 12.4. The molecule has 2 aliphatic carbocycles. The number of aromatic nitrogens is 1. The number of fused-ring (bicyclic) bond motifs is 6. The molecule has 43 heavy (non-hydrogen) atoms. The van der Waals surface area contributed by atoms with E-state index in [1.54, 1.807) is 6.07 Å². The molecule has 3 aromatic carbocycles. The zero-order chi connectivity index (χ0) is 30.3. The monoisotopic (exact) mass is 599 g/mol. The Bertz CT molecular complexity index is 1770. The van der Waals surface area contributed by atoms with Crippen molar-refractivity contribution >= 4 is 16.1 Å². The molecule has 6 rings (SSSR count). The second-order valence-corrected chi connectivity index (χ2v) is 12.7. The van der Waals surface area contributed by atoms with Crippen LogP contribution in [0.4, 0.5) is 0 Å². The molecule has 1 aromatic heterocycles. The fourth-order valence-corrected chi connectivity index (χ4v) is 7.46. The molecular weight excluding hydrogens is 564 g/mol. The van der Waals surface area contributed by atoms with E-state index >= 15 is 0 Å². The number of carbonyl (C=O) groups is 1. The summed E-state index contributed by atoms with van der Waals surface area (Å²) < 4.78 is 42.6. The number of nitrogens with zero attached hydrogens (tertiary/aromatic N) is 1. The van der Waals surface area contributed by atoms with Crippen molar-refractivity contribution in [1.29, 1.82) is 0 Å². The molecule has 4 aromatic rings. The molecule has 1 atom stereocenters. The van der Waals surface area contributed by atoms with Crippen LogP contribution in [0.15, 0.2) is 71.6 Å². The highest BCUT2D eigenvalue weighted by Gasteiger charge is 2.38. The van der Waals surface area contributed by atoms with Crippen molar-refractivity contribution in [2.75, 3.05) is 7.11 Å². The Balaban J connectivity index is 1.63. The van der Waals surface area contributed by atoms with Crippen LogP contribution in [0, 0.1) is 0 Å². The zero-order valence-corrected chi connectivity index (χ0v) is 24.9. The third-order valence-corrected chi connectivity index (χ3v) is 9.62. The quantitative estimate of drug-likeness (QED) is 0.140. The highest BCUT2D eigenvalue weighted by atomic mass is 32.2. The molecule has 0 aliphatic heterocycles. The van der Waals surface area contributed by atoms with Gasteiger partial charge in [-0.25, -0.2) is 0 Å². The molecule has 0 amide bonds. The van der Waals surface area contributed by atoms with Gasteiger partial charge in [0.1, 0.15) is 23.2 Å². The van der Waals surface area contributed by atoms with Crippen molar-refractivity contribution in [1.82, 2.24) is 0 Å². The number of hydrogen-bond acceptors (Lipinski definition) is 5. The number of benzene rings is 3. The van der Waals surface area contributed by atoms with E-state index in [0.29, 0.717) is 19.4 Å². The largest absolute Gasteiger partial charge is 0.495 e. The topological polar surface area (TPSA) is 131 Å². The Hall–Kier alpha value is -4.05. The van der Waals surface area contributed by atoms with E-state index < -0.39 is 22.1 Å². The normalized spacial score (nSPS) is 14.2. The molecule has 0 saturated carbocycles. The van der Waals surface area contributed by atoms with Gasteiger partial charge in [-0.1, -0.05) is 42.5 Å². The Kier molecular flexibility index (Phi) is 7.81. The zero-order valence-electron chi connectivity index (χ0n) is 24.0. The molecule has 0 unspecified atom stereocenters.